The highest BCUT2D eigenvalue weighted by Gasteiger charge is 2.51. The Balaban J connectivity index is 0.000000217. The first-order chi connectivity index (χ1) is 26.9. The first kappa shape index (κ1) is 44.9. The maximum atomic E-state index is 13.3. The van der Waals surface area contributed by atoms with E-state index < -0.39 is 49.2 Å². The Kier molecular flexibility index (Phi) is 14.7. The van der Waals surface area contributed by atoms with E-state index in [0.29, 0.717) is 17.5 Å². The Labute approximate surface area is 333 Å². The predicted molar refractivity (Wildman–Crippen MR) is 215 cm³/mol. The molecular weight excluding hydrogens is 779 g/mol. The third kappa shape index (κ3) is 9.84. The van der Waals surface area contributed by atoms with Gasteiger partial charge >= 0.3 is 0 Å². The van der Waals surface area contributed by atoms with E-state index >= 15 is 0 Å². The lowest BCUT2D eigenvalue weighted by molar-refractivity contribution is -0.252. The lowest BCUT2D eigenvalue weighted by Gasteiger charge is -2.32. The van der Waals surface area contributed by atoms with Crippen molar-refractivity contribution in [3.05, 3.63) is 154 Å². The van der Waals surface area contributed by atoms with E-state index in [4.69, 9.17) is 5.73 Å². The summed E-state index contributed by atoms with van der Waals surface area (Å²) in [6.45, 7) is 6.89. The van der Waals surface area contributed by atoms with Crippen LogP contribution in [0.5, 0.6) is 0 Å². The van der Waals surface area contributed by atoms with Crippen molar-refractivity contribution < 1.29 is 44.6 Å². The highest BCUT2D eigenvalue weighted by Crippen LogP contribution is 2.45. The number of amides is 1. The molecule has 16 heteroatoms. The number of ether oxygens (including phenoxy) is 3. The molecule has 0 saturated carbocycles. The second-order valence-corrected chi connectivity index (χ2v) is 17.4. The molecular formula is C41H48F2N4O8S2. The molecule has 0 fully saturated rings. The molecule has 3 N–H and O–H groups in total. The van der Waals surface area contributed by atoms with E-state index in [2.05, 4.69) is 19.5 Å². The monoisotopic (exact) mass is 826 g/mol. The van der Waals surface area contributed by atoms with Gasteiger partial charge in [-0.1, -0.05) is 84.9 Å². The topological polar surface area (TPSA) is 158 Å². The first-order valence-corrected chi connectivity index (χ1v) is 20.4. The molecule has 2 aliphatic rings. The van der Waals surface area contributed by atoms with Gasteiger partial charge in [-0.05, 0) is 74.2 Å². The largest absolute Gasteiger partial charge is 0.399 e. The summed E-state index contributed by atoms with van der Waals surface area (Å²) in [6, 6.07) is 29.1. The number of nitrogens with zero attached hydrogens (tertiary/aromatic N) is 2. The summed E-state index contributed by atoms with van der Waals surface area (Å²) in [5.74, 6) is -0.885. The van der Waals surface area contributed by atoms with Gasteiger partial charge in [0.05, 0.1) is 22.5 Å². The average molecular weight is 827 g/mol. The van der Waals surface area contributed by atoms with Crippen LogP contribution in [0.2, 0.25) is 0 Å². The molecule has 0 atom stereocenters. The highest BCUT2D eigenvalue weighted by molar-refractivity contribution is 7.99. The number of benzene rings is 4. The fourth-order valence-corrected chi connectivity index (χ4v) is 10.8. The standard InChI is InChI=1S/C19H19FN2O3S.C18H19FN2O2S.C4H10O3/c1-19(2)18(21-13-23)17(15-8-10-16(20)11-9-15)26(24,25)22(19)12-14-6-4-3-5-7-14;1-18(2)17(20)16(14-8-10-15(19)11-9-14)24(22,23)21(18)12-13-6-4-3-5-7-13;1-5-4(6-2)7-3/h3-11,13H,12H2,1-2H3,(H,21,23);3-11H,12,20H2,1-2H3;4H,1-3H3. The van der Waals surface area contributed by atoms with Crippen LogP contribution in [0, 0.1) is 11.6 Å². The van der Waals surface area contributed by atoms with Crippen molar-refractivity contribution in [1.29, 1.82) is 0 Å². The zero-order valence-electron chi connectivity index (χ0n) is 32.8. The quantitative estimate of drug-likeness (QED) is 0.134. The third-order valence-corrected chi connectivity index (χ3v) is 13.7. The lowest BCUT2D eigenvalue weighted by Crippen LogP contribution is -2.45. The molecule has 0 aliphatic carbocycles. The Hall–Kier alpha value is -4.81. The van der Waals surface area contributed by atoms with Crippen molar-refractivity contribution in [1.82, 2.24) is 13.9 Å². The van der Waals surface area contributed by atoms with Gasteiger partial charge in [-0.2, -0.15) is 8.61 Å². The van der Waals surface area contributed by atoms with Crippen molar-refractivity contribution in [2.24, 2.45) is 5.73 Å². The molecule has 4 aromatic rings. The van der Waals surface area contributed by atoms with Crippen LogP contribution >= 0.6 is 0 Å². The van der Waals surface area contributed by atoms with Crippen LogP contribution in [-0.2, 0) is 52.1 Å². The van der Waals surface area contributed by atoms with Gasteiger partial charge in [-0.25, -0.2) is 25.6 Å². The second kappa shape index (κ2) is 18.6. The van der Waals surface area contributed by atoms with E-state index in [0.717, 1.165) is 11.1 Å². The molecule has 4 aromatic carbocycles. The molecule has 0 bridgehead atoms. The van der Waals surface area contributed by atoms with Crippen LogP contribution in [-0.4, -0.2) is 70.7 Å². The summed E-state index contributed by atoms with van der Waals surface area (Å²) in [5.41, 5.74) is 7.36. The molecule has 0 unspecified atom stereocenters. The van der Waals surface area contributed by atoms with Gasteiger partial charge in [0.25, 0.3) is 6.48 Å². The number of hydrogen-bond acceptors (Lipinski definition) is 9. The van der Waals surface area contributed by atoms with Gasteiger partial charge in [-0.15, -0.1) is 0 Å². The third-order valence-electron chi connectivity index (χ3n) is 9.42. The van der Waals surface area contributed by atoms with Gasteiger partial charge in [0.2, 0.25) is 26.5 Å². The second-order valence-electron chi connectivity index (χ2n) is 13.8. The van der Waals surface area contributed by atoms with Crippen LogP contribution in [0.1, 0.15) is 49.9 Å². The molecule has 0 saturated heterocycles. The van der Waals surface area contributed by atoms with Crippen molar-refractivity contribution in [2.75, 3.05) is 21.3 Å². The number of sulfonamides is 2. The molecule has 0 radical (unpaired) electrons. The molecule has 57 heavy (non-hydrogen) atoms. The maximum absolute atomic E-state index is 13.3. The van der Waals surface area contributed by atoms with E-state index in [1.807, 2.05) is 60.7 Å². The SMILES string of the molecule is CC1(C)C(N)=C(c2ccc(F)cc2)S(=O)(=O)N1Cc1ccccc1.CC1(C)C(NC=O)=C(c2ccc(F)cc2)S(=O)(=O)N1Cc1ccccc1.COC(OC)OC. The Morgan fingerprint density at radius 3 is 1.37 bits per heavy atom. The van der Waals surface area contributed by atoms with Crippen LogP contribution in [0.4, 0.5) is 8.78 Å². The van der Waals surface area contributed by atoms with Crippen molar-refractivity contribution >= 4 is 36.3 Å². The molecule has 1 amide bonds. The summed E-state index contributed by atoms with van der Waals surface area (Å²) in [6.07, 6.45) is 0.460. The summed E-state index contributed by atoms with van der Waals surface area (Å²) in [5, 5.41) is 2.55. The molecule has 2 aliphatic heterocycles. The average Bonchev–Trinajstić information content (AvgIpc) is 3.41. The summed E-state index contributed by atoms with van der Waals surface area (Å²) in [4.78, 5) is 11.2. The maximum Gasteiger partial charge on any atom is 0.270 e. The first-order valence-electron chi connectivity index (χ1n) is 17.6. The molecule has 0 aromatic heterocycles. The fourth-order valence-electron chi connectivity index (χ4n) is 6.36. The van der Waals surface area contributed by atoms with E-state index in [1.165, 1.54) is 78.5 Å². The number of hydrogen-bond donors (Lipinski definition) is 2. The van der Waals surface area contributed by atoms with Crippen LogP contribution in [0.15, 0.2) is 121 Å². The Morgan fingerprint density at radius 1 is 0.632 bits per heavy atom. The number of carbonyl (C=O) groups excluding carboxylic acids is 1. The highest BCUT2D eigenvalue weighted by atomic mass is 32.2. The van der Waals surface area contributed by atoms with Crippen molar-refractivity contribution in [2.45, 2.75) is 58.3 Å². The Bertz CT molecular complexity index is 2260. The minimum Gasteiger partial charge on any atom is -0.399 e. The van der Waals surface area contributed by atoms with Crippen LogP contribution < -0.4 is 11.1 Å². The fraction of sp³-hybridized carbons (Fsp3) is 0.293. The Morgan fingerprint density at radius 2 is 1.00 bits per heavy atom. The number of carbonyl (C=O) groups is 1. The molecule has 306 valence electrons. The summed E-state index contributed by atoms with van der Waals surface area (Å²) < 4.78 is 95.8. The van der Waals surface area contributed by atoms with Crippen molar-refractivity contribution in [3.8, 4) is 0 Å². The predicted octanol–water partition coefficient (Wildman–Crippen LogP) is 6.15. The number of nitrogens with two attached hydrogens (primary N) is 1. The van der Waals surface area contributed by atoms with Gasteiger partial charge < -0.3 is 25.3 Å². The van der Waals surface area contributed by atoms with Crippen LogP contribution in [0.25, 0.3) is 9.81 Å². The van der Waals surface area contributed by atoms with Gasteiger partial charge in [0, 0.05) is 34.4 Å². The smallest absolute Gasteiger partial charge is 0.270 e. The normalized spacial score (nSPS) is 18.1. The summed E-state index contributed by atoms with van der Waals surface area (Å²) in [7, 11) is -3.15. The minimum absolute atomic E-state index is 0.00877. The van der Waals surface area contributed by atoms with Gasteiger partial charge in [0.1, 0.15) is 21.4 Å². The van der Waals surface area contributed by atoms with Crippen LogP contribution in [0.3, 0.4) is 0 Å². The van der Waals surface area contributed by atoms with E-state index in [9.17, 15) is 30.4 Å². The van der Waals surface area contributed by atoms with Gasteiger partial charge in [0.15, 0.2) is 0 Å². The zero-order chi connectivity index (χ0) is 42.2. The lowest BCUT2D eigenvalue weighted by atomic mass is 9.97. The molecule has 2 heterocycles. The number of halogens is 2. The minimum atomic E-state index is -3.90. The zero-order valence-corrected chi connectivity index (χ0v) is 34.4. The number of nitrogens with one attached hydrogen (secondary N) is 1. The molecule has 6 rings (SSSR count). The van der Waals surface area contributed by atoms with E-state index in [1.54, 1.807) is 27.7 Å². The molecule has 0 spiro atoms. The number of rotatable bonds is 11. The van der Waals surface area contributed by atoms with Crippen molar-refractivity contribution in [3.63, 3.8) is 0 Å². The summed E-state index contributed by atoms with van der Waals surface area (Å²) >= 11 is 0. The number of methoxy groups -OCH3 is 3. The van der Waals surface area contributed by atoms with E-state index in [-0.39, 0.29) is 34.3 Å². The molecule has 12 nitrogen and oxygen atoms in total. The van der Waals surface area contributed by atoms with Gasteiger partial charge in [-0.3, -0.25) is 4.79 Å².